The largest absolute Gasteiger partial charge is 0.375 e. The average molecular weight is 536 g/mol. The van der Waals surface area contributed by atoms with E-state index in [2.05, 4.69) is 11.2 Å². The van der Waals surface area contributed by atoms with Gasteiger partial charge in [0.15, 0.2) is 0 Å². The van der Waals surface area contributed by atoms with Crippen LogP contribution in [0, 0.1) is 24.1 Å². The highest BCUT2D eigenvalue weighted by atomic mass is 19.1. The molecule has 0 aliphatic carbocycles. The molecule has 4 rings (SSSR count). The van der Waals surface area contributed by atoms with Crippen LogP contribution < -0.4 is 5.32 Å². The molecule has 0 unspecified atom stereocenters. The van der Waals surface area contributed by atoms with E-state index in [0.29, 0.717) is 12.1 Å². The number of hydrogen-bond donors (Lipinski definition) is 1. The van der Waals surface area contributed by atoms with Gasteiger partial charge in [-0.1, -0.05) is 68.3 Å². The maximum absolute atomic E-state index is 13.9. The van der Waals surface area contributed by atoms with Crippen LogP contribution in [0.25, 0.3) is 0 Å². The minimum Gasteiger partial charge on any atom is -0.375 e. The number of urea groups is 1. The summed E-state index contributed by atoms with van der Waals surface area (Å²) in [6, 6.07) is 14.7. The summed E-state index contributed by atoms with van der Waals surface area (Å²) in [5, 5.41) is 5.94. The number of ether oxygens (including phenoxy) is 1. The number of amides is 4. The van der Waals surface area contributed by atoms with Crippen molar-refractivity contribution in [3.63, 3.8) is 0 Å². The first-order valence-electron chi connectivity index (χ1n) is 13.0. The fraction of sp³-hybridized carbons (Fsp3) is 0.414. The molecule has 10 heteroatoms. The van der Waals surface area contributed by atoms with E-state index in [-0.39, 0.29) is 62.9 Å². The van der Waals surface area contributed by atoms with Crippen LogP contribution in [-0.4, -0.2) is 82.7 Å². The zero-order valence-electron chi connectivity index (χ0n) is 22.3. The normalized spacial score (nSPS) is 19.7. The number of terminal acetylenes is 1. The lowest BCUT2D eigenvalue weighted by atomic mass is 9.96. The maximum Gasteiger partial charge on any atom is 0.334 e. The fourth-order valence-electron chi connectivity index (χ4n) is 5.02. The van der Waals surface area contributed by atoms with E-state index in [1.54, 1.807) is 28.1 Å². The van der Waals surface area contributed by atoms with Crippen molar-refractivity contribution in [2.45, 2.75) is 39.2 Å². The minimum absolute atomic E-state index is 0.0564. The van der Waals surface area contributed by atoms with Crippen molar-refractivity contribution in [2.24, 2.45) is 5.92 Å². The molecular formula is C29H34FN5O4. The third-order valence-corrected chi connectivity index (χ3v) is 6.88. The molecule has 2 saturated heterocycles. The summed E-state index contributed by atoms with van der Waals surface area (Å²) in [5.74, 6) is 1.51. The van der Waals surface area contributed by atoms with Crippen molar-refractivity contribution in [2.75, 3.05) is 32.8 Å². The second kappa shape index (κ2) is 12.7. The van der Waals surface area contributed by atoms with Crippen LogP contribution in [0.2, 0.25) is 0 Å². The summed E-state index contributed by atoms with van der Waals surface area (Å²) >= 11 is 0. The molecule has 2 aromatic carbocycles. The van der Waals surface area contributed by atoms with Crippen LogP contribution in [0.1, 0.15) is 25.0 Å². The van der Waals surface area contributed by atoms with Gasteiger partial charge in [0.25, 0.3) is 0 Å². The summed E-state index contributed by atoms with van der Waals surface area (Å²) in [4.78, 5) is 43.5. The molecule has 0 bridgehead atoms. The summed E-state index contributed by atoms with van der Waals surface area (Å²) in [6.45, 7) is 4.54. The van der Waals surface area contributed by atoms with E-state index in [4.69, 9.17) is 11.2 Å². The number of halogens is 1. The Hall–Kier alpha value is -3.94. The molecule has 4 amide bonds. The number of rotatable bonds is 9. The monoisotopic (exact) mass is 535 g/mol. The molecule has 2 fully saturated rings. The van der Waals surface area contributed by atoms with Gasteiger partial charge in [-0.15, -0.1) is 6.42 Å². The number of nitrogens with one attached hydrogen (secondary N) is 1. The van der Waals surface area contributed by atoms with Gasteiger partial charge >= 0.3 is 6.03 Å². The Morgan fingerprint density at radius 2 is 1.87 bits per heavy atom. The van der Waals surface area contributed by atoms with Crippen LogP contribution in [-0.2, 0) is 27.5 Å². The Morgan fingerprint density at radius 3 is 2.56 bits per heavy atom. The molecule has 39 heavy (non-hydrogen) atoms. The number of nitrogens with zero attached hydrogens (tertiary/aromatic N) is 4. The van der Waals surface area contributed by atoms with Gasteiger partial charge in [0.1, 0.15) is 18.0 Å². The molecule has 2 aliphatic rings. The quantitative estimate of drug-likeness (QED) is 0.394. The molecule has 9 nitrogen and oxygen atoms in total. The minimum atomic E-state index is -0.750. The Bertz CT molecular complexity index is 1220. The zero-order valence-corrected chi connectivity index (χ0v) is 22.3. The van der Waals surface area contributed by atoms with E-state index in [0.717, 1.165) is 5.56 Å². The van der Waals surface area contributed by atoms with Gasteiger partial charge in [-0.3, -0.25) is 9.59 Å². The van der Waals surface area contributed by atoms with Crippen LogP contribution in [0.3, 0.4) is 0 Å². The first-order chi connectivity index (χ1) is 18.8. The van der Waals surface area contributed by atoms with E-state index >= 15 is 0 Å². The molecule has 2 aliphatic heterocycles. The number of fused-ring (bicyclic) bond motifs is 1. The van der Waals surface area contributed by atoms with Gasteiger partial charge < -0.3 is 19.9 Å². The van der Waals surface area contributed by atoms with Crippen molar-refractivity contribution in [3.8, 4) is 12.3 Å². The highest BCUT2D eigenvalue weighted by Gasteiger charge is 2.52. The Morgan fingerprint density at radius 1 is 1.15 bits per heavy atom. The average Bonchev–Trinajstić information content (AvgIpc) is 2.92. The van der Waals surface area contributed by atoms with Crippen molar-refractivity contribution in [1.29, 1.82) is 0 Å². The molecule has 2 atom stereocenters. The van der Waals surface area contributed by atoms with Gasteiger partial charge in [-0.05, 0) is 17.5 Å². The van der Waals surface area contributed by atoms with E-state index in [1.807, 2.05) is 44.2 Å². The van der Waals surface area contributed by atoms with Gasteiger partial charge in [0, 0.05) is 18.7 Å². The number of hydrogen-bond acceptors (Lipinski definition) is 5. The fourth-order valence-corrected chi connectivity index (χ4v) is 5.02. The lowest BCUT2D eigenvalue weighted by molar-refractivity contribution is -0.192. The van der Waals surface area contributed by atoms with Gasteiger partial charge in [-0.2, -0.15) is 5.01 Å². The molecule has 206 valence electrons. The zero-order chi connectivity index (χ0) is 27.9. The lowest BCUT2D eigenvalue weighted by Gasteiger charge is -2.55. The van der Waals surface area contributed by atoms with E-state index in [1.165, 1.54) is 16.0 Å². The molecule has 0 radical (unpaired) electrons. The topological polar surface area (TPSA) is 85.4 Å². The summed E-state index contributed by atoms with van der Waals surface area (Å²) < 4.78 is 19.6. The summed E-state index contributed by atoms with van der Waals surface area (Å²) in [5.41, 5.74) is 1.35. The molecule has 0 saturated carbocycles. The lowest BCUT2D eigenvalue weighted by Crippen LogP contribution is -2.77. The number of benzene rings is 2. The molecule has 0 aromatic heterocycles. The highest BCUT2D eigenvalue weighted by molar-refractivity contribution is 5.91. The molecular weight excluding hydrogens is 501 g/mol. The predicted octanol–water partition coefficient (Wildman–Crippen LogP) is 2.44. The Kier molecular flexibility index (Phi) is 9.17. The number of piperazine rings is 1. The molecule has 0 spiro atoms. The second-order valence-electron chi connectivity index (χ2n) is 9.91. The van der Waals surface area contributed by atoms with Crippen molar-refractivity contribution in [1.82, 2.24) is 25.1 Å². The third-order valence-electron chi connectivity index (χ3n) is 6.88. The number of hydrazine groups is 1. The highest BCUT2D eigenvalue weighted by Crippen LogP contribution is 2.29. The van der Waals surface area contributed by atoms with Crippen LogP contribution in [0.5, 0.6) is 0 Å². The standard InChI is InChI=1S/C29H34FN5O4/c1-4-14-33-19-26(36)34-25(35(33)29(38)31-17-22-10-6-5-7-11-22)18-32(28(37)27(34)21(2)3)15-16-39-20-23-12-8-9-13-24(23)30/h1,5-13,21,25,27H,14-20H2,2-3H3,(H,31,38)/t25-,27-/m0/s1. The van der Waals surface area contributed by atoms with Crippen LogP contribution in [0.15, 0.2) is 54.6 Å². The Labute approximate surface area is 228 Å². The van der Waals surface area contributed by atoms with Gasteiger partial charge in [-0.25, -0.2) is 14.2 Å². The second-order valence-corrected chi connectivity index (χ2v) is 9.91. The first-order valence-corrected chi connectivity index (χ1v) is 13.0. The van der Waals surface area contributed by atoms with Crippen molar-refractivity contribution in [3.05, 3.63) is 71.5 Å². The van der Waals surface area contributed by atoms with E-state index < -0.39 is 18.2 Å². The summed E-state index contributed by atoms with van der Waals surface area (Å²) in [6.07, 6.45) is 4.84. The summed E-state index contributed by atoms with van der Waals surface area (Å²) in [7, 11) is 0. The van der Waals surface area contributed by atoms with E-state index in [9.17, 15) is 18.8 Å². The third kappa shape index (κ3) is 6.38. The molecule has 2 heterocycles. The number of carbonyl (C=O) groups excluding carboxylic acids is 3. The molecule has 2 aromatic rings. The predicted molar refractivity (Wildman–Crippen MR) is 143 cm³/mol. The Balaban J connectivity index is 1.52. The smallest absolute Gasteiger partial charge is 0.334 e. The van der Waals surface area contributed by atoms with Crippen LogP contribution in [0.4, 0.5) is 9.18 Å². The SMILES string of the molecule is C#CCN1CC(=O)N2[C@@H](C(C)C)C(=O)N(CCOCc3ccccc3F)C[C@@H]2N1C(=O)NCc1ccccc1. The van der Waals surface area contributed by atoms with Crippen LogP contribution >= 0.6 is 0 Å². The van der Waals surface area contributed by atoms with Gasteiger partial charge in [0.2, 0.25) is 11.8 Å². The molecule has 1 N–H and O–H groups in total. The van der Waals surface area contributed by atoms with Gasteiger partial charge in [0.05, 0.1) is 32.8 Å². The maximum atomic E-state index is 13.9. The van der Waals surface area contributed by atoms with Crippen molar-refractivity contribution < 1.29 is 23.5 Å². The first kappa shape index (κ1) is 28.1. The number of carbonyl (C=O) groups is 3. The van der Waals surface area contributed by atoms with Crippen molar-refractivity contribution >= 4 is 17.8 Å².